The molecule has 3 aromatic rings. The van der Waals surface area contributed by atoms with Gasteiger partial charge in [-0.25, -0.2) is 4.79 Å². The average Bonchev–Trinajstić information content (AvgIpc) is 2.78. The third-order valence-corrected chi connectivity index (χ3v) is 4.91. The van der Waals surface area contributed by atoms with Crippen molar-refractivity contribution in [2.45, 2.75) is 20.1 Å². The Kier molecular flexibility index (Phi) is 8.36. The van der Waals surface area contributed by atoms with Crippen molar-refractivity contribution in [3.63, 3.8) is 0 Å². The summed E-state index contributed by atoms with van der Waals surface area (Å²) >= 11 is 12.7. The van der Waals surface area contributed by atoms with E-state index < -0.39 is 5.97 Å². The lowest BCUT2D eigenvalue weighted by Crippen LogP contribution is -2.18. The summed E-state index contributed by atoms with van der Waals surface area (Å²) in [5, 5.41) is 13.8. The number of carboxylic acids is 1. The Balaban J connectivity index is 1.74. The van der Waals surface area contributed by atoms with Gasteiger partial charge in [-0.05, 0) is 18.1 Å². The van der Waals surface area contributed by atoms with E-state index in [1.807, 2.05) is 30.3 Å². The van der Waals surface area contributed by atoms with Gasteiger partial charge in [0.05, 0.1) is 10.0 Å². The summed E-state index contributed by atoms with van der Waals surface area (Å²) in [5.41, 5.74) is 1.80. The van der Waals surface area contributed by atoms with E-state index in [0.717, 1.165) is 5.56 Å². The van der Waals surface area contributed by atoms with Gasteiger partial charge in [-0.2, -0.15) is 0 Å². The van der Waals surface area contributed by atoms with Crippen molar-refractivity contribution in [1.82, 2.24) is 0 Å². The van der Waals surface area contributed by atoms with Crippen molar-refractivity contribution >= 4 is 34.9 Å². The minimum absolute atomic E-state index is 0.0749. The lowest BCUT2D eigenvalue weighted by Gasteiger charge is -2.14. The van der Waals surface area contributed by atoms with Crippen LogP contribution in [0.15, 0.2) is 71.9 Å². The highest BCUT2D eigenvalue weighted by Gasteiger charge is 2.18. The van der Waals surface area contributed by atoms with Crippen molar-refractivity contribution in [3.05, 3.63) is 93.5 Å². The minimum Gasteiger partial charge on any atom is -0.489 e. The number of ether oxygens (including phenoxy) is 2. The third kappa shape index (κ3) is 6.15. The molecule has 0 amide bonds. The van der Waals surface area contributed by atoms with Crippen LogP contribution < -0.4 is 9.47 Å². The standard InChI is InChI=1S/C24H21Cl2NO5/c1-2-32-27-22(24(28)29)19-11-7-6-10-17(19)15-30-18-12-20(25)23(21(26)13-18)31-14-16-8-4-3-5-9-16/h3-13H,2,14-15H2,1H3,(H,28,29). The number of aliphatic carboxylic acids is 1. The van der Waals surface area contributed by atoms with Gasteiger partial charge >= 0.3 is 5.97 Å². The van der Waals surface area contributed by atoms with Crippen LogP contribution in [-0.4, -0.2) is 23.4 Å². The fourth-order valence-corrected chi connectivity index (χ4v) is 3.43. The predicted octanol–water partition coefficient (Wildman–Crippen LogP) is 5.98. The van der Waals surface area contributed by atoms with Crippen LogP contribution in [0.3, 0.4) is 0 Å². The number of carboxylic acid groups (broad SMARTS) is 1. The Hall–Kier alpha value is -3.22. The van der Waals surface area contributed by atoms with Crippen molar-refractivity contribution in [2.75, 3.05) is 6.61 Å². The second-order valence-corrected chi connectivity index (χ2v) is 7.41. The first-order valence-corrected chi connectivity index (χ1v) is 10.5. The molecule has 0 spiro atoms. The molecular weight excluding hydrogens is 453 g/mol. The Morgan fingerprint density at radius 3 is 2.25 bits per heavy atom. The van der Waals surface area contributed by atoms with E-state index in [1.165, 1.54) is 0 Å². The molecule has 0 fully saturated rings. The van der Waals surface area contributed by atoms with Crippen LogP contribution in [-0.2, 0) is 22.8 Å². The Labute approximate surface area is 195 Å². The highest BCUT2D eigenvalue weighted by atomic mass is 35.5. The number of rotatable bonds is 10. The van der Waals surface area contributed by atoms with Crippen molar-refractivity contribution < 1.29 is 24.2 Å². The summed E-state index contributed by atoms with van der Waals surface area (Å²) in [6.45, 7) is 2.38. The van der Waals surface area contributed by atoms with E-state index in [9.17, 15) is 9.90 Å². The molecule has 1 N–H and O–H groups in total. The molecule has 8 heteroatoms. The second kappa shape index (κ2) is 11.4. The average molecular weight is 474 g/mol. The molecule has 0 radical (unpaired) electrons. The monoisotopic (exact) mass is 473 g/mol. The summed E-state index contributed by atoms with van der Waals surface area (Å²) < 4.78 is 11.6. The van der Waals surface area contributed by atoms with E-state index in [2.05, 4.69) is 5.16 Å². The Bertz CT molecular complexity index is 1080. The van der Waals surface area contributed by atoms with Crippen molar-refractivity contribution in [2.24, 2.45) is 5.16 Å². The lowest BCUT2D eigenvalue weighted by molar-refractivity contribution is -0.129. The fourth-order valence-electron chi connectivity index (χ4n) is 2.86. The molecule has 0 aliphatic carbocycles. The maximum absolute atomic E-state index is 11.6. The zero-order valence-corrected chi connectivity index (χ0v) is 18.8. The van der Waals surface area contributed by atoms with Gasteiger partial charge < -0.3 is 19.4 Å². The highest BCUT2D eigenvalue weighted by Crippen LogP contribution is 2.37. The number of hydrogen-bond donors (Lipinski definition) is 1. The third-order valence-electron chi connectivity index (χ3n) is 4.35. The van der Waals surface area contributed by atoms with Crippen LogP contribution in [0, 0.1) is 0 Å². The summed E-state index contributed by atoms with van der Waals surface area (Å²) in [5.74, 6) is -0.417. The Morgan fingerprint density at radius 2 is 1.59 bits per heavy atom. The van der Waals surface area contributed by atoms with Crippen LogP contribution in [0.25, 0.3) is 0 Å². The first-order valence-electron chi connectivity index (χ1n) is 9.79. The number of halogens is 2. The van der Waals surface area contributed by atoms with Crippen LogP contribution in [0.1, 0.15) is 23.6 Å². The van der Waals surface area contributed by atoms with E-state index in [4.69, 9.17) is 37.5 Å². The summed E-state index contributed by atoms with van der Waals surface area (Å²) in [6, 6.07) is 19.7. The van der Waals surface area contributed by atoms with E-state index in [0.29, 0.717) is 39.3 Å². The molecule has 0 atom stereocenters. The van der Waals surface area contributed by atoms with Crippen LogP contribution >= 0.6 is 23.2 Å². The summed E-state index contributed by atoms with van der Waals surface area (Å²) in [7, 11) is 0. The van der Waals surface area contributed by atoms with Gasteiger partial charge in [-0.15, -0.1) is 0 Å². The number of oxime groups is 1. The number of carbonyl (C=O) groups is 1. The van der Waals surface area contributed by atoms with Gasteiger partial charge in [-0.1, -0.05) is 83.0 Å². The maximum Gasteiger partial charge on any atom is 0.358 e. The van der Waals surface area contributed by atoms with Gasteiger partial charge in [0, 0.05) is 17.7 Å². The molecule has 0 heterocycles. The molecule has 0 unspecified atom stereocenters. The predicted molar refractivity (Wildman–Crippen MR) is 124 cm³/mol. The first kappa shape index (κ1) is 23.4. The number of benzene rings is 3. The minimum atomic E-state index is -1.20. The Morgan fingerprint density at radius 1 is 0.938 bits per heavy atom. The molecule has 0 bridgehead atoms. The van der Waals surface area contributed by atoms with Crippen LogP contribution in [0.2, 0.25) is 10.0 Å². The molecule has 0 saturated heterocycles. The van der Waals surface area contributed by atoms with Gasteiger partial charge in [0.1, 0.15) is 25.6 Å². The molecule has 0 aliphatic heterocycles. The molecule has 0 aromatic heterocycles. The van der Waals surface area contributed by atoms with Gasteiger partial charge in [0.2, 0.25) is 0 Å². The van der Waals surface area contributed by atoms with Crippen LogP contribution in [0.5, 0.6) is 11.5 Å². The smallest absolute Gasteiger partial charge is 0.358 e. The highest BCUT2D eigenvalue weighted by molar-refractivity contribution is 6.42. The number of hydrogen-bond acceptors (Lipinski definition) is 5. The molecular formula is C24H21Cl2NO5. The van der Waals surface area contributed by atoms with Crippen molar-refractivity contribution in [1.29, 1.82) is 0 Å². The largest absolute Gasteiger partial charge is 0.489 e. The number of nitrogens with zero attached hydrogens (tertiary/aromatic N) is 1. The van der Waals surface area contributed by atoms with Gasteiger partial charge in [0.15, 0.2) is 11.5 Å². The normalized spacial score (nSPS) is 11.2. The zero-order valence-electron chi connectivity index (χ0n) is 17.3. The molecule has 32 heavy (non-hydrogen) atoms. The molecule has 0 saturated carbocycles. The summed E-state index contributed by atoms with van der Waals surface area (Å²) in [6.07, 6.45) is 0. The maximum atomic E-state index is 11.6. The second-order valence-electron chi connectivity index (χ2n) is 6.60. The molecule has 3 rings (SSSR count). The lowest BCUT2D eigenvalue weighted by atomic mass is 10.0. The first-order chi connectivity index (χ1) is 15.5. The zero-order chi connectivity index (χ0) is 22.9. The van der Waals surface area contributed by atoms with Gasteiger partial charge in [-0.3, -0.25) is 0 Å². The quantitative estimate of drug-likeness (QED) is 0.289. The van der Waals surface area contributed by atoms with Crippen molar-refractivity contribution in [3.8, 4) is 11.5 Å². The molecule has 0 aliphatic rings. The fraction of sp³-hybridized carbons (Fsp3) is 0.167. The van der Waals surface area contributed by atoms with E-state index in [-0.39, 0.29) is 18.9 Å². The van der Waals surface area contributed by atoms with E-state index in [1.54, 1.807) is 43.3 Å². The molecule has 6 nitrogen and oxygen atoms in total. The topological polar surface area (TPSA) is 77.4 Å². The molecule has 166 valence electrons. The van der Waals surface area contributed by atoms with E-state index >= 15 is 0 Å². The van der Waals surface area contributed by atoms with Gasteiger partial charge in [0.25, 0.3) is 0 Å². The summed E-state index contributed by atoms with van der Waals surface area (Å²) in [4.78, 5) is 16.6. The van der Waals surface area contributed by atoms with Crippen LogP contribution in [0.4, 0.5) is 0 Å². The molecule has 3 aromatic carbocycles. The SMILES string of the molecule is CCON=C(C(=O)O)c1ccccc1COc1cc(Cl)c(OCc2ccccc2)c(Cl)c1.